The van der Waals surface area contributed by atoms with Gasteiger partial charge in [0.05, 0.1) is 11.8 Å². The number of nitrogens with zero attached hydrogens (tertiary/aromatic N) is 2. The predicted octanol–water partition coefficient (Wildman–Crippen LogP) is 5.08. The van der Waals surface area contributed by atoms with Crippen LogP contribution in [0.5, 0.6) is 0 Å². The summed E-state index contributed by atoms with van der Waals surface area (Å²) in [6.07, 6.45) is 0.426. The van der Waals surface area contributed by atoms with Crippen LogP contribution < -0.4 is 0 Å². The van der Waals surface area contributed by atoms with Gasteiger partial charge < -0.3 is 9.94 Å². The standard InChI is InChI=1S/C26H26ClFN2O2/c27-22-12-10-20(11-13-22)26-15-24(32-29-26)18-30(16-21-8-4-5-9-25(21)28)17-23(31)14-19-6-2-1-3-7-19/h1-13,23-24,31H,14-18H2. The highest BCUT2D eigenvalue weighted by atomic mass is 35.5. The molecule has 3 aromatic carbocycles. The zero-order chi connectivity index (χ0) is 22.3. The van der Waals surface area contributed by atoms with Gasteiger partial charge in [-0.2, -0.15) is 0 Å². The number of rotatable bonds is 9. The molecule has 0 amide bonds. The van der Waals surface area contributed by atoms with Crippen molar-refractivity contribution in [3.8, 4) is 0 Å². The van der Waals surface area contributed by atoms with Gasteiger partial charge in [-0.25, -0.2) is 4.39 Å². The second kappa shape index (κ2) is 10.7. The molecular formula is C26H26ClFN2O2. The molecule has 1 heterocycles. The van der Waals surface area contributed by atoms with Crippen LogP contribution in [0.1, 0.15) is 23.1 Å². The van der Waals surface area contributed by atoms with Crippen LogP contribution in [0.2, 0.25) is 5.02 Å². The molecule has 0 aromatic heterocycles. The van der Waals surface area contributed by atoms with E-state index >= 15 is 0 Å². The van der Waals surface area contributed by atoms with Crippen LogP contribution in [0.4, 0.5) is 4.39 Å². The van der Waals surface area contributed by atoms with Gasteiger partial charge in [0.1, 0.15) is 11.9 Å². The number of benzene rings is 3. The summed E-state index contributed by atoms with van der Waals surface area (Å²) in [4.78, 5) is 7.73. The molecule has 2 unspecified atom stereocenters. The van der Waals surface area contributed by atoms with E-state index in [0.717, 1.165) is 16.8 Å². The van der Waals surface area contributed by atoms with Crippen LogP contribution in [-0.2, 0) is 17.8 Å². The minimum absolute atomic E-state index is 0.170. The lowest BCUT2D eigenvalue weighted by Crippen LogP contribution is -2.38. The molecule has 1 aliphatic heterocycles. The fraction of sp³-hybridized carbons (Fsp3) is 0.269. The molecule has 0 radical (unpaired) electrons. The van der Waals surface area contributed by atoms with Crippen molar-refractivity contribution >= 4 is 17.3 Å². The highest BCUT2D eigenvalue weighted by Gasteiger charge is 2.26. The van der Waals surface area contributed by atoms with Crippen molar-refractivity contribution in [2.24, 2.45) is 5.16 Å². The van der Waals surface area contributed by atoms with Gasteiger partial charge >= 0.3 is 0 Å². The molecule has 166 valence electrons. The van der Waals surface area contributed by atoms with Crippen LogP contribution in [0.3, 0.4) is 0 Å². The molecule has 0 saturated carbocycles. The smallest absolute Gasteiger partial charge is 0.145 e. The summed E-state index contributed by atoms with van der Waals surface area (Å²) in [5, 5.41) is 15.7. The topological polar surface area (TPSA) is 45.1 Å². The van der Waals surface area contributed by atoms with Gasteiger partial charge in [0.25, 0.3) is 0 Å². The summed E-state index contributed by atoms with van der Waals surface area (Å²) < 4.78 is 14.3. The monoisotopic (exact) mass is 452 g/mol. The largest absolute Gasteiger partial charge is 0.391 e. The first kappa shape index (κ1) is 22.5. The van der Waals surface area contributed by atoms with Crippen molar-refractivity contribution in [3.63, 3.8) is 0 Å². The first-order valence-corrected chi connectivity index (χ1v) is 11.1. The molecule has 1 aliphatic rings. The Morgan fingerprint density at radius 3 is 2.50 bits per heavy atom. The Morgan fingerprint density at radius 1 is 1.03 bits per heavy atom. The fourth-order valence-electron chi connectivity index (χ4n) is 3.95. The Kier molecular flexibility index (Phi) is 7.53. The zero-order valence-electron chi connectivity index (χ0n) is 17.7. The number of aliphatic hydroxyl groups is 1. The number of halogens is 2. The molecule has 0 aliphatic carbocycles. The molecule has 0 spiro atoms. The third-order valence-electron chi connectivity index (χ3n) is 5.51. The average Bonchev–Trinajstić information content (AvgIpc) is 3.25. The van der Waals surface area contributed by atoms with Gasteiger partial charge in [-0.3, -0.25) is 4.90 Å². The number of aliphatic hydroxyl groups excluding tert-OH is 1. The van der Waals surface area contributed by atoms with Gasteiger partial charge in [-0.1, -0.05) is 77.4 Å². The van der Waals surface area contributed by atoms with E-state index in [4.69, 9.17) is 16.4 Å². The van der Waals surface area contributed by atoms with Crippen LogP contribution in [0.15, 0.2) is 84.0 Å². The Balaban J connectivity index is 1.42. The van der Waals surface area contributed by atoms with Gasteiger partial charge in [0.15, 0.2) is 0 Å². The lowest BCUT2D eigenvalue weighted by molar-refractivity contribution is 0.0319. The SMILES string of the molecule is OC(Cc1ccccc1)CN(Cc1ccccc1F)CC1CC(c2ccc(Cl)cc2)=NO1. The minimum Gasteiger partial charge on any atom is -0.391 e. The quantitative estimate of drug-likeness (QED) is 0.492. The lowest BCUT2D eigenvalue weighted by atomic mass is 10.0. The third-order valence-corrected chi connectivity index (χ3v) is 5.76. The summed E-state index contributed by atoms with van der Waals surface area (Å²) in [6, 6.07) is 24.1. The molecule has 2 atom stereocenters. The Hall–Kier alpha value is -2.73. The van der Waals surface area contributed by atoms with Gasteiger partial charge in [-0.05, 0) is 35.7 Å². The van der Waals surface area contributed by atoms with Crippen LogP contribution >= 0.6 is 11.6 Å². The number of hydrogen-bond donors (Lipinski definition) is 1. The van der Waals surface area contributed by atoms with Gasteiger partial charge in [0.2, 0.25) is 0 Å². The minimum atomic E-state index is -0.581. The number of hydrogen-bond acceptors (Lipinski definition) is 4. The molecule has 6 heteroatoms. The van der Waals surface area contributed by atoms with Crippen molar-refractivity contribution in [2.75, 3.05) is 13.1 Å². The normalized spacial score (nSPS) is 16.6. The van der Waals surface area contributed by atoms with E-state index in [2.05, 4.69) is 5.16 Å². The fourth-order valence-corrected chi connectivity index (χ4v) is 4.07. The molecule has 32 heavy (non-hydrogen) atoms. The van der Waals surface area contributed by atoms with E-state index in [0.29, 0.717) is 43.1 Å². The second-order valence-corrected chi connectivity index (χ2v) is 8.54. The first-order chi connectivity index (χ1) is 15.6. The van der Waals surface area contributed by atoms with Crippen molar-refractivity contribution < 1.29 is 14.3 Å². The molecule has 1 N–H and O–H groups in total. The zero-order valence-corrected chi connectivity index (χ0v) is 18.5. The van der Waals surface area contributed by atoms with E-state index in [1.807, 2.05) is 65.6 Å². The molecule has 0 bridgehead atoms. The van der Waals surface area contributed by atoms with E-state index in [1.54, 1.807) is 12.1 Å². The maximum Gasteiger partial charge on any atom is 0.145 e. The molecule has 0 fully saturated rings. The molecule has 3 aromatic rings. The molecule has 4 rings (SSSR count). The predicted molar refractivity (Wildman–Crippen MR) is 125 cm³/mol. The molecular weight excluding hydrogens is 427 g/mol. The van der Waals surface area contributed by atoms with Gasteiger partial charge in [-0.15, -0.1) is 0 Å². The number of oxime groups is 1. The third kappa shape index (κ3) is 6.16. The highest BCUT2D eigenvalue weighted by Crippen LogP contribution is 2.21. The van der Waals surface area contributed by atoms with Crippen molar-refractivity contribution in [1.82, 2.24) is 4.90 Å². The Labute approximate surface area is 192 Å². The van der Waals surface area contributed by atoms with Crippen LogP contribution in [0, 0.1) is 5.82 Å². The lowest BCUT2D eigenvalue weighted by Gasteiger charge is -2.27. The average molecular weight is 453 g/mol. The Morgan fingerprint density at radius 2 is 1.75 bits per heavy atom. The molecule has 4 nitrogen and oxygen atoms in total. The van der Waals surface area contributed by atoms with E-state index in [9.17, 15) is 9.50 Å². The van der Waals surface area contributed by atoms with Crippen LogP contribution in [0.25, 0.3) is 0 Å². The second-order valence-electron chi connectivity index (χ2n) is 8.11. The van der Waals surface area contributed by atoms with Crippen LogP contribution in [-0.4, -0.2) is 41.0 Å². The summed E-state index contributed by atoms with van der Waals surface area (Å²) in [5.41, 5.74) is 3.50. The highest BCUT2D eigenvalue weighted by molar-refractivity contribution is 6.30. The summed E-state index contributed by atoms with van der Waals surface area (Å²) in [6.45, 7) is 1.31. The van der Waals surface area contributed by atoms with Crippen molar-refractivity contribution in [2.45, 2.75) is 31.6 Å². The van der Waals surface area contributed by atoms with Crippen molar-refractivity contribution in [3.05, 3.63) is 106 Å². The summed E-state index contributed by atoms with van der Waals surface area (Å²) in [7, 11) is 0. The van der Waals surface area contributed by atoms with E-state index < -0.39 is 6.10 Å². The summed E-state index contributed by atoms with van der Waals surface area (Å²) >= 11 is 5.98. The summed E-state index contributed by atoms with van der Waals surface area (Å²) in [5.74, 6) is -0.250. The van der Waals surface area contributed by atoms with Crippen molar-refractivity contribution in [1.29, 1.82) is 0 Å². The maximum absolute atomic E-state index is 14.3. The van der Waals surface area contributed by atoms with E-state index in [-0.39, 0.29) is 11.9 Å². The molecule has 0 saturated heterocycles. The Bertz CT molecular complexity index is 1040. The van der Waals surface area contributed by atoms with E-state index in [1.165, 1.54) is 6.07 Å². The maximum atomic E-state index is 14.3. The first-order valence-electron chi connectivity index (χ1n) is 10.7. The van der Waals surface area contributed by atoms with Gasteiger partial charge in [0, 0.05) is 36.6 Å².